The number of carbonyl (C=O) groups excluding carboxylic acids is 2. The second kappa shape index (κ2) is 5.71. The molecule has 4 nitrogen and oxygen atoms in total. The number of carbonyl (C=O) groups is 2. The number of esters is 1. The van der Waals surface area contributed by atoms with E-state index in [2.05, 4.69) is 4.74 Å². The van der Waals surface area contributed by atoms with Crippen molar-refractivity contribution in [2.45, 2.75) is 32.7 Å². The summed E-state index contributed by atoms with van der Waals surface area (Å²) in [5.41, 5.74) is 5.31. The SMILES string of the molecule is CCCC(=O)C(N)C(=O)OCC. The molecule has 0 heterocycles. The highest BCUT2D eigenvalue weighted by Crippen LogP contribution is 1.95. The Kier molecular flexibility index (Phi) is 5.28. The van der Waals surface area contributed by atoms with E-state index in [1.807, 2.05) is 6.92 Å². The van der Waals surface area contributed by atoms with Crippen molar-refractivity contribution < 1.29 is 14.3 Å². The lowest BCUT2D eigenvalue weighted by Crippen LogP contribution is -2.39. The van der Waals surface area contributed by atoms with Crippen LogP contribution in [0.4, 0.5) is 0 Å². The lowest BCUT2D eigenvalue weighted by molar-refractivity contribution is -0.147. The molecule has 0 bridgehead atoms. The van der Waals surface area contributed by atoms with Gasteiger partial charge in [-0.25, -0.2) is 4.79 Å². The van der Waals surface area contributed by atoms with Crippen LogP contribution < -0.4 is 5.73 Å². The summed E-state index contributed by atoms with van der Waals surface area (Å²) in [6, 6.07) is -1.09. The number of nitrogens with two attached hydrogens (primary N) is 1. The molecule has 1 unspecified atom stereocenters. The van der Waals surface area contributed by atoms with E-state index in [4.69, 9.17) is 5.73 Å². The number of hydrogen-bond acceptors (Lipinski definition) is 4. The molecule has 2 N–H and O–H groups in total. The standard InChI is InChI=1S/C8H15NO3/c1-3-5-6(10)7(9)8(11)12-4-2/h7H,3-5,9H2,1-2H3. The first-order valence-electron chi connectivity index (χ1n) is 4.08. The van der Waals surface area contributed by atoms with Crippen LogP contribution in [0.25, 0.3) is 0 Å². The van der Waals surface area contributed by atoms with Gasteiger partial charge < -0.3 is 10.5 Å². The van der Waals surface area contributed by atoms with Crippen molar-refractivity contribution in [1.29, 1.82) is 0 Å². The Morgan fingerprint density at radius 1 is 1.42 bits per heavy atom. The smallest absolute Gasteiger partial charge is 0.330 e. The molecule has 70 valence electrons. The molecule has 0 rings (SSSR count). The number of ether oxygens (including phenoxy) is 1. The molecule has 0 fully saturated rings. The van der Waals surface area contributed by atoms with Crippen LogP contribution in [0.3, 0.4) is 0 Å². The molecule has 0 aromatic heterocycles. The zero-order valence-corrected chi connectivity index (χ0v) is 7.50. The van der Waals surface area contributed by atoms with Gasteiger partial charge in [-0.3, -0.25) is 4.79 Å². The van der Waals surface area contributed by atoms with Crippen LogP contribution in [0.5, 0.6) is 0 Å². The van der Waals surface area contributed by atoms with Gasteiger partial charge in [-0.05, 0) is 13.3 Å². The topological polar surface area (TPSA) is 69.4 Å². The molecule has 0 saturated heterocycles. The molecule has 4 heteroatoms. The summed E-state index contributed by atoms with van der Waals surface area (Å²) >= 11 is 0. The Morgan fingerprint density at radius 2 is 2.00 bits per heavy atom. The van der Waals surface area contributed by atoms with Crippen LogP contribution in [-0.2, 0) is 14.3 Å². The Labute approximate surface area is 72.1 Å². The summed E-state index contributed by atoms with van der Waals surface area (Å²) in [7, 11) is 0. The molecule has 0 radical (unpaired) electrons. The summed E-state index contributed by atoms with van der Waals surface area (Å²) in [6.45, 7) is 3.79. The third-order valence-electron chi connectivity index (χ3n) is 1.38. The fraction of sp³-hybridized carbons (Fsp3) is 0.750. The Bertz CT molecular complexity index is 150. The molecular weight excluding hydrogens is 158 g/mol. The second-order valence-electron chi connectivity index (χ2n) is 2.45. The summed E-state index contributed by atoms with van der Waals surface area (Å²) in [4.78, 5) is 21.9. The predicted molar refractivity (Wildman–Crippen MR) is 44.5 cm³/mol. The van der Waals surface area contributed by atoms with Gasteiger partial charge in [0, 0.05) is 6.42 Å². The van der Waals surface area contributed by atoms with Crippen LogP contribution in [0.1, 0.15) is 26.7 Å². The van der Waals surface area contributed by atoms with Gasteiger partial charge >= 0.3 is 5.97 Å². The van der Waals surface area contributed by atoms with Crippen molar-refractivity contribution in [1.82, 2.24) is 0 Å². The van der Waals surface area contributed by atoms with Gasteiger partial charge in [-0.15, -0.1) is 0 Å². The molecule has 0 amide bonds. The van der Waals surface area contributed by atoms with Crippen LogP contribution in [0.15, 0.2) is 0 Å². The normalized spacial score (nSPS) is 12.2. The first kappa shape index (κ1) is 11.1. The van der Waals surface area contributed by atoms with E-state index in [1.165, 1.54) is 0 Å². The molecule has 0 aromatic rings. The average Bonchev–Trinajstić information content (AvgIpc) is 2.04. The van der Waals surface area contributed by atoms with Crippen molar-refractivity contribution in [3.63, 3.8) is 0 Å². The van der Waals surface area contributed by atoms with E-state index in [0.717, 1.165) is 0 Å². The fourth-order valence-corrected chi connectivity index (χ4v) is 0.765. The highest BCUT2D eigenvalue weighted by molar-refractivity contribution is 6.02. The van der Waals surface area contributed by atoms with Gasteiger partial charge in [0.1, 0.15) is 0 Å². The highest BCUT2D eigenvalue weighted by atomic mass is 16.5. The van der Waals surface area contributed by atoms with E-state index >= 15 is 0 Å². The van der Waals surface area contributed by atoms with Crippen molar-refractivity contribution >= 4 is 11.8 Å². The van der Waals surface area contributed by atoms with Crippen molar-refractivity contribution in [2.24, 2.45) is 5.73 Å². The Morgan fingerprint density at radius 3 is 2.42 bits per heavy atom. The number of Topliss-reactive ketones (excluding diaryl/α,β-unsaturated/α-hetero) is 1. The van der Waals surface area contributed by atoms with Gasteiger partial charge in [-0.1, -0.05) is 6.92 Å². The zero-order valence-electron chi connectivity index (χ0n) is 7.50. The molecule has 1 atom stereocenters. The van der Waals surface area contributed by atoms with E-state index in [0.29, 0.717) is 12.8 Å². The third-order valence-corrected chi connectivity index (χ3v) is 1.38. The largest absolute Gasteiger partial charge is 0.464 e. The molecule has 0 spiro atoms. The first-order valence-corrected chi connectivity index (χ1v) is 4.08. The summed E-state index contributed by atoms with van der Waals surface area (Å²) in [6.07, 6.45) is 1.03. The number of hydrogen-bond donors (Lipinski definition) is 1. The minimum absolute atomic E-state index is 0.254. The third kappa shape index (κ3) is 3.48. The van der Waals surface area contributed by atoms with Crippen LogP contribution in [0.2, 0.25) is 0 Å². The monoisotopic (exact) mass is 173 g/mol. The van der Waals surface area contributed by atoms with Gasteiger partial charge in [0.15, 0.2) is 11.8 Å². The van der Waals surface area contributed by atoms with E-state index in [-0.39, 0.29) is 12.4 Å². The minimum Gasteiger partial charge on any atom is -0.464 e. The lowest BCUT2D eigenvalue weighted by Gasteiger charge is -2.07. The van der Waals surface area contributed by atoms with Gasteiger partial charge in [0.25, 0.3) is 0 Å². The summed E-state index contributed by atoms with van der Waals surface area (Å²) in [5.74, 6) is -0.882. The maximum atomic E-state index is 11.0. The molecule has 12 heavy (non-hydrogen) atoms. The molecule has 0 aliphatic carbocycles. The number of ketones is 1. The van der Waals surface area contributed by atoms with Gasteiger partial charge in [-0.2, -0.15) is 0 Å². The predicted octanol–water partition coefficient (Wildman–Crippen LogP) is 0.246. The molecular formula is C8H15NO3. The maximum absolute atomic E-state index is 11.0. The summed E-state index contributed by atoms with van der Waals surface area (Å²) < 4.78 is 4.59. The van der Waals surface area contributed by atoms with Crippen molar-refractivity contribution in [3.05, 3.63) is 0 Å². The average molecular weight is 173 g/mol. The van der Waals surface area contributed by atoms with E-state index in [9.17, 15) is 9.59 Å². The van der Waals surface area contributed by atoms with Crippen molar-refractivity contribution in [3.8, 4) is 0 Å². The van der Waals surface area contributed by atoms with E-state index in [1.54, 1.807) is 6.92 Å². The summed E-state index contributed by atoms with van der Waals surface area (Å²) in [5, 5.41) is 0. The Hall–Kier alpha value is -0.900. The first-order chi connectivity index (χ1) is 5.63. The molecule has 0 aliphatic heterocycles. The number of rotatable bonds is 5. The Balaban J connectivity index is 3.91. The highest BCUT2D eigenvalue weighted by Gasteiger charge is 2.21. The lowest BCUT2D eigenvalue weighted by atomic mass is 10.1. The van der Waals surface area contributed by atoms with E-state index < -0.39 is 12.0 Å². The maximum Gasteiger partial charge on any atom is 0.330 e. The van der Waals surface area contributed by atoms with Gasteiger partial charge in [0.05, 0.1) is 6.61 Å². The van der Waals surface area contributed by atoms with Crippen LogP contribution in [0, 0.1) is 0 Å². The fourth-order valence-electron chi connectivity index (χ4n) is 0.765. The second-order valence-corrected chi connectivity index (χ2v) is 2.45. The van der Waals surface area contributed by atoms with Crippen LogP contribution in [-0.4, -0.2) is 24.4 Å². The quantitative estimate of drug-likeness (QED) is 0.478. The molecule has 0 saturated carbocycles. The molecule has 0 aromatic carbocycles. The van der Waals surface area contributed by atoms with Crippen molar-refractivity contribution in [2.75, 3.05) is 6.61 Å². The minimum atomic E-state index is -1.09. The molecule has 0 aliphatic rings. The van der Waals surface area contributed by atoms with Crippen LogP contribution >= 0.6 is 0 Å². The van der Waals surface area contributed by atoms with Gasteiger partial charge in [0.2, 0.25) is 0 Å². The zero-order chi connectivity index (χ0) is 9.56.